The SMILES string of the molecule is Cc1ccc(C(=O)c2cc(C(=O)O)n(C)c2)s1. The van der Waals surface area contributed by atoms with Crippen LogP contribution >= 0.6 is 11.3 Å². The minimum absolute atomic E-state index is 0.113. The molecule has 0 unspecified atom stereocenters. The number of hydrogen-bond donors (Lipinski definition) is 1. The van der Waals surface area contributed by atoms with Gasteiger partial charge in [-0.05, 0) is 25.1 Å². The molecule has 0 saturated heterocycles. The molecule has 88 valence electrons. The molecule has 0 spiro atoms. The molecule has 0 aliphatic heterocycles. The number of aromatic nitrogens is 1. The van der Waals surface area contributed by atoms with E-state index in [0.717, 1.165) is 4.88 Å². The molecule has 5 heteroatoms. The normalized spacial score (nSPS) is 10.5. The largest absolute Gasteiger partial charge is 0.477 e. The second-order valence-electron chi connectivity index (χ2n) is 3.77. The summed E-state index contributed by atoms with van der Waals surface area (Å²) in [4.78, 5) is 24.6. The van der Waals surface area contributed by atoms with Gasteiger partial charge in [-0.1, -0.05) is 0 Å². The first-order valence-electron chi connectivity index (χ1n) is 5.00. The fraction of sp³-hybridized carbons (Fsp3) is 0.167. The highest BCUT2D eigenvalue weighted by Crippen LogP contribution is 2.20. The summed E-state index contributed by atoms with van der Waals surface area (Å²) < 4.78 is 1.44. The van der Waals surface area contributed by atoms with Crippen LogP contribution in [0, 0.1) is 6.92 Å². The van der Waals surface area contributed by atoms with Gasteiger partial charge in [0.2, 0.25) is 5.78 Å². The van der Waals surface area contributed by atoms with E-state index in [9.17, 15) is 9.59 Å². The van der Waals surface area contributed by atoms with Gasteiger partial charge in [0.15, 0.2) is 0 Å². The predicted octanol–water partition coefficient (Wildman–Crippen LogP) is 2.32. The maximum absolute atomic E-state index is 12.1. The second-order valence-corrected chi connectivity index (χ2v) is 5.06. The Morgan fingerprint density at radius 3 is 2.53 bits per heavy atom. The Labute approximate surface area is 102 Å². The van der Waals surface area contributed by atoms with Gasteiger partial charge in [0.25, 0.3) is 0 Å². The highest BCUT2D eigenvalue weighted by atomic mass is 32.1. The monoisotopic (exact) mass is 249 g/mol. The minimum atomic E-state index is -1.03. The van der Waals surface area contributed by atoms with E-state index in [1.54, 1.807) is 19.3 Å². The number of carbonyl (C=O) groups excluding carboxylic acids is 1. The number of thiophene rings is 1. The van der Waals surface area contributed by atoms with Crippen LogP contribution in [-0.2, 0) is 7.05 Å². The number of rotatable bonds is 3. The summed E-state index contributed by atoms with van der Waals surface area (Å²) in [7, 11) is 1.61. The number of carboxylic acid groups (broad SMARTS) is 1. The summed E-state index contributed by atoms with van der Waals surface area (Å²) in [6.07, 6.45) is 1.54. The van der Waals surface area contributed by atoms with Crippen molar-refractivity contribution in [2.45, 2.75) is 6.92 Å². The summed E-state index contributed by atoms with van der Waals surface area (Å²) >= 11 is 1.41. The molecule has 0 fully saturated rings. The first-order valence-corrected chi connectivity index (χ1v) is 5.81. The Kier molecular flexibility index (Phi) is 2.85. The van der Waals surface area contributed by atoms with Crippen molar-refractivity contribution in [3.8, 4) is 0 Å². The molecular weight excluding hydrogens is 238 g/mol. The van der Waals surface area contributed by atoms with Crippen molar-refractivity contribution in [2.75, 3.05) is 0 Å². The molecule has 0 bridgehead atoms. The zero-order valence-corrected chi connectivity index (χ0v) is 10.2. The van der Waals surface area contributed by atoms with Crippen molar-refractivity contribution in [2.24, 2.45) is 7.05 Å². The maximum atomic E-state index is 12.1. The third kappa shape index (κ3) is 2.14. The molecular formula is C12H11NO3S. The maximum Gasteiger partial charge on any atom is 0.352 e. The standard InChI is InChI=1S/C12H11NO3S/c1-7-3-4-10(17-7)11(14)8-5-9(12(15)16)13(2)6-8/h3-6H,1-2H3,(H,15,16). The topological polar surface area (TPSA) is 59.3 Å². The zero-order chi connectivity index (χ0) is 12.6. The van der Waals surface area contributed by atoms with Gasteiger partial charge >= 0.3 is 5.97 Å². The Morgan fingerprint density at radius 1 is 1.35 bits per heavy atom. The van der Waals surface area contributed by atoms with Gasteiger partial charge in [-0.3, -0.25) is 4.79 Å². The lowest BCUT2D eigenvalue weighted by Crippen LogP contribution is -2.02. The molecule has 4 nitrogen and oxygen atoms in total. The Bertz CT molecular complexity index is 595. The van der Waals surface area contributed by atoms with E-state index in [2.05, 4.69) is 0 Å². The van der Waals surface area contributed by atoms with Crippen LogP contribution in [0.5, 0.6) is 0 Å². The number of aromatic carboxylic acids is 1. The van der Waals surface area contributed by atoms with Crippen LogP contribution in [0.2, 0.25) is 0 Å². The van der Waals surface area contributed by atoms with Gasteiger partial charge in [0.1, 0.15) is 5.69 Å². The van der Waals surface area contributed by atoms with Crippen molar-refractivity contribution in [3.63, 3.8) is 0 Å². The van der Waals surface area contributed by atoms with Crippen LogP contribution in [0.25, 0.3) is 0 Å². The highest BCUT2D eigenvalue weighted by Gasteiger charge is 2.17. The lowest BCUT2D eigenvalue weighted by atomic mass is 10.2. The molecule has 2 aromatic heterocycles. The second kappa shape index (κ2) is 4.18. The van der Waals surface area contributed by atoms with Crippen molar-refractivity contribution >= 4 is 23.1 Å². The average Bonchev–Trinajstić information content (AvgIpc) is 2.83. The predicted molar refractivity (Wildman–Crippen MR) is 64.9 cm³/mol. The van der Waals surface area contributed by atoms with Gasteiger partial charge < -0.3 is 9.67 Å². The molecule has 2 aromatic rings. The summed E-state index contributed by atoms with van der Waals surface area (Å²) in [6, 6.07) is 5.04. The van der Waals surface area contributed by atoms with E-state index >= 15 is 0 Å². The Balaban J connectivity index is 2.38. The van der Waals surface area contributed by atoms with Crippen molar-refractivity contribution in [3.05, 3.63) is 45.4 Å². The fourth-order valence-corrected chi connectivity index (χ4v) is 2.43. The third-order valence-corrected chi connectivity index (χ3v) is 3.45. The number of ketones is 1. The smallest absolute Gasteiger partial charge is 0.352 e. The molecule has 0 amide bonds. The third-order valence-electron chi connectivity index (χ3n) is 2.45. The summed E-state index contributed by atoms with van der Waals surface area (Å²) in [6.45, 7) is 1.93. The van der Waals surface area contributed by atoms with Crippen LogP contribution in [0.1, 0.15) is 30.6 Å². The molecule has 0 radical (unpaired) electrons. The number of hydrogen-bond acceptors (Lipinski definition) is 3. The number of nitrogens with zero attached hydrogens (tertiary/aromatic N) is 1. The van der Waals surface area contributed by atoms with E-state index in [1.807, 2.05) is 13.0 Å². The first kappa shape index (κ1) is 11.6. The van der Waals surface area contributed by atoms with Gasteiger partial charge in [0.05, 0.1) is 4.88 Å². The van der Waals surface area contributed by atoms with Crippen molar-refractivity contribution in [1.29, 1.82) is 0 Å². The Morgan fingerprint density at radius 2 is 2.06 bits per heavy atom. The van der Waals surface area contributed by atoms with Gasteiger partial charge in [0, 0.05) is 23.7 Å². The van der Waals surface area contributed by atoms with Crippen molar-refractivity contribution < 1.29 is 14.7 Å². The number of carboxylic acids is 1. The van der Waals surface area contributed by atoms with Crippen LogP contribution in [-0.4, -0.2) is 21.4 Å². The molecule has 0 saturated carbocycles. The molecule has 0 aliphatic carbocycles. The van der Waals surface area contributed by atoms with Gasteiger partial charge in [-0.2, -0.15) is 0 Å². The lowest BCUT2D eigenvalue weighted by molar-refractivity contribution is 0.0686. The quantitative estimate of drug-likeness (QED) is 0.849. The van der Waals surface area contributed by atoms with E-state index in [0.29, 0.717) is 10.4 Å². The van der Waals surface area contributed by atoms with E-state index in [4.69, 9.17) is 5.11 Å². The summed E-state index contributed by atoms with van der Waals surface area (Å²) in [5, 5.41) is 8.91. The van der Waals surface area contributed by atoms with Crippen LogP contribution < -0.4 is 0 Å². The molecule has 0 aliphatic rings. The molecule has 0 atom stereocenters. The van der Waals surface area contributed by atoms with Crippen molar-refractivity contribution in [1.82, 2.24) is 4.57 Å². The van der Waals surface area contributed by atoms with Gasteiger partial charge in [-0.25, -0.2) is 4.79 Å². The average molecular weight is 249 g/mol. The molecule has 2 heterocycles. The van der Waals surface area contributed by atoms with E-state index in [-0.39, 0.29) is 11.5 Å². The van der Waals surface area contributed by atoms with E-state index in [1.165, 1.54) is 22.0 Å². The summed E-state index contributed by atoms with van der Waals surface area (Å²) in [5.41, 5.74) is 0.522. The van der Waals surface area contributed by atoms with E-state index < -0.39 is 5.97 Å². The first-order chi connectivity index (χ1) is 7.99. The van der Waals surface area contributed by atoms with Crippen LogP contribution in [0.3, 0.4) is 0 Å². The highest BCUT2D eigenvalue weighted by molar-refractivity contribution is 7.14. The van der Waals surface area contributed by atoms with Crippen LogP contribution in [0.15, 0.2) is 24.4 Å². The summed E-state index contributed by atoms with van der Waals surface area (Å²) in [5.74, 6) is -1.17. The lowest BCUT2D eigenvalue weighted by Gasteiger charge is -1.93. The molecule has 0 aromatic carbocycles. The zero-order valence-electron chi connectivity index (χ0n) is 9.43. The Hall–Kier alpha value is -1.88. The molecule has 2 rings (SSSR count). The van der Waals surface area contributed by atoms with Crippen LogP contribution in [0.4, 0.5) is 0 Å². The number of aryl methyl sites for hydroxylation is 2. The molecule has 1 N–H and O–H groups in total. The molecule has 17 heavy (non-hydrogen) atoms. The number of carbonyl (C=O) groups is 2. The fourth-order valence-electron chi connectivity index (χ4n) is 1.60. The minimum Gasteiger partial charge on any atom is -0.477 e. The van der Waals surface area contributed by atoms with Gasteiger partial charge in [-0.15, -0.1) is 11.3 Å².